The molecule has 3 aromatic rings. The number of imidazole rings is 1. The van der Waals surface area contributed by atoms with Gasteiger partial charge in [0.2, 0.25) is 5.91 Å². The molecule has 1 amide bonds. The third-order valence-electron chi connectivity index (χ3n) is 6.73. The smallest absolute Gasteiger partial charge is 0.298 e. The van der Waals surface area contributed by atoms with Crippen LogP contribution in [0.25, 0.3) is 11.2 Å². The molecule has 0 unspecified atom stereocenters. The Morgan fingerprint density at radius 2 is 1.94 bits per heavy atom. The Morgan fingerprint density at radius 3 is 2.66 bits per heavy atom. The van der Waals surface area contributed by atoms with Crippen molar-refractivity contribution in [2.45, 2.75) is 45.2 Å². The molecule has 8 nitrogen and oxygen atoms in total. The third-order valence-corrected chi connectivity index (χ3v) is 6.73. The van der Waals surface area contributed by atoms with Gasteiger partial charge in [-0.15, -0.1) is 0 Å². The number of ether oxygens (including phenoxy) is 1. The van der Waals surface area contributed by atoms with Crippen molar-refractivity contribution in [3.63, 3.8) is 0 Å². The number of pyridine rings is 1. The highest BCUT2D eigenvalue weighted by atomic mass is 16.5. The van der Waals surface area contributed by atoms with Gasteiger partial charge in [-0.1, -0.05) is 0 Å². The fourth-order valence-electron chi connectivity index (χ4n) is 5.03. The summed E-state index contributed by atoms with van der Waals surface area (Å²) in [6, 6.07) is 8.69. The number of likely N-dealkylation sites (tertiary alicyclic amines) is 2. The van der Waals surface area contributed by atoms with E-state index in [1.165, 1.54) is 0 Å². The highest BCUT2D eigenvalue weighted by Crippen LogP contribution is 2.32. The van der Waals surface area contributed by atoms with E-state index in [-0.39, 0.29) is 12.0 Å². The first kappa shape index (κ1) is 21.0. The summed E-state index contributed by atoms with van der Waals surface area (Å²) in [4.78, 5) is 26.8. The Labute approximate surface area is 188 Å². The van der Waals surface area contributed by atoms with Gasteiger partial charge in [-0.05, 0) is 70.0 Å². The van der Waals surface area contributed by atoms with Crippen LogP contribution in [0.3, 0.4) is 0 Å². The predicted molar refractivity (Wildman–Crippen MR) is 120 cm³/mol. The Kier molecular flexibility index (Phi) is 6.12. The molecule has 2 saturated heterocycles. The zero-order chi connectivity index (χ0) is 21.9. The van der Waals surface area contributed by atoms with Crippen LogP contribution in [0.5, 0.6) is 6.01 Å². The highest BCUT2D eigenvalue weighted by molar-refractivity contribution is 5.79. The van der Waals surface area contributed by atoms with E-state index < -0.39 is 0 Å². The third kappa shape index (κ3) is 4.24. The van der Waals surface area contributed by atoms with Crippen LogP contribution in [-0.4, -0.2) is 63.0 Å². The largest absolute Gasteiger partial charge is 0.468 e. The van der Waals surface area contributed by atoms with Crippen molar-refractivity contribution in [1.82, 2.24) is 24.3 Å². The van der Waals surface area contributed by atoms with E-state index in [2.05, 4.69) is 24.3 Å². The monoisotopic (exact) mass is 437 g/mol. The average Bonchev–Trinajstić information content (AvgIpc) is 3.47. The molecule has 2 aliphatic rings. The minimum absolute atomic E-state index is 0.133. The normalized spacial score (nSPS) is 19.0. The van der Waals surface area contributed by atoms with Crippen LogP contribution in [0.15, 0.2) is 41.1 Å². The number of carbonyl (C=O) groups excluding carboxylic acids is 1. The number of furan rings is 1. The molecule has 5 rings (SSSR count). The fourth-order valence-corrected chi connectivity index (χ4v) is 5.03. The average molecular weight is 438 g/mol. The summed E-state index contributed by atoms with van der Waals surface area (Å²) in [6.07, 6.45) is 7.15. The maximum atomic E-state index is 13.2. The van der Waals surface area contributed by atoms with Crippen molar-refractivity contribution < 1.29 is 13.9 Å². The highest BCUT2D eigenvalue weighted by Gasteiger charge is 2.32. The van der Waals surface area contributed by atoms with E-state index in [9.17, 15) is 4.79 Å². The number of aromatic nitrogens is 3. The number of fused-ring (bicyclic) bond motifs is 1. The molecule has 32 heavy (non-hydrogen) atoms. The van der Waals surface area contributed by atoms with Crippen molar-refractivity contribution in [3.05, 3.63) is 42.5 Å². The summed E-state index contributed by atoms with van der Waals surface area (Å²) in [5.74, 6) is 1.44. The second kappa shape index (κ2) is 9.32. The number of amides is 1. The van der Waals surface area contributed by atoms with E-state index in [1.54, 1.807) is 12.5 Å². The van der Waals surface area contributed by atoms with Crippen LogP contribution in [0.1, 0.15) is 44.4 Å². The molecule has 0 aromatic carbocycles. The summed E-state index contributed by atoms with van der Waals surface area (Å²) < 4.78 is 13.4. The first-order chi connectivity index (χ1) is 15.7. The molecule has 2 fully saturated rings. The molecule has 8 heteroatoms. The molecule has 2 aliphatic heterocycles. The summed E-state index contributed by atoms with van der Waals surface area (Å²) in [5, 5.41) is 0. The maximum absolute atomic E-state index is 13.2. The lowest BCUT2D eigenvalue weighted by Gasteiger charge is -2.37. The number of rotatable bonds is 6. The Balaban J connectivity index is 1.18. The molecule has 0 aliphatic carbocycles. The lowest BCUT2D eigenvalue weighted by atomic mass is 9.93. The van der Waals surface area contributed by atoms with E-state index in [0.717, 1.165) is 75.3 Å². The second-order valence-electron chi connectivity index (χ2n) is 8.73. The first-order valence-corrected chi connectivity index (χ1v) is 11.7. The molecule has 0 saturated carbocycles. The van der Waals surface area contributed by atoms with E-state index in [4.69, 9.17) is 9.15 Å². The van der Waals surface area contributed by atoms with Gasteiger partial charge in [0.25, 0.3) is 6.01 Å². The summed E-state index contributed by atoms with van der Waals surface area (Å²) >= 11 is 0. The molecular weight excluding hydrogens is 406 g/mol. The van der Waals surface area contributed by atoms with Crippen LogP contribution >= 0.6 is 0 Å². The van der Waals surface area contributed by atoms with Gasteiger partial charge in [0, 0.05) is 31.2 Å². The van der Waals surface area contributed by atoms with Crippen LogP contribution in [0.4, 0.5) is 0 Å². The Bertz CT molecular complexity index is 1030. The molecule has 0 atom stereocenters. The fraction of sp³-hybridized carbons (Fsp3) is 0.542. The molecule has 0 radical (unpaired) electrons. The van der Waals surface area contributed by atoms with Crippen molar-refractivity contribution in [3.8, 4) is 6.01 Å². The molecule has 0 N–H and O–H groups in total. The van der Waals surface area contributed by atoms with Gasteiger partial charge in [-0.2, -0.15) is 4.98 Å². The van der Waals surface area contributed by atoms with Gasteiger partial charge in [-0.25, -0.2) is 4.98 Å². The lowest BCUT2D eigenvalue weighted by molar-refractivity contribution is -0.138. The standard InChI is InChI=1S/C24H31N5O3/c1-2-31-24-26-21-6-3-11-25-22(21)29(24)19-9-14-28(15-10-19)23(30)18-7-12-27(13-8-18)17-20-5-4-16-32-20/h3-6,11,16,18-19H,2,7-10,12-15,17H2,1H3. The zero-order valence-corrected chi connectivity index (χ0v) is 18.7. The minimum Gasteiger partial charge on any atom is -0.468 e. The van der Waals surface area contributed by atoms with Gasteiger partial charge in [0.1, 0.15) is 11.3 Å². The molecule has 3 aromatic heterocycles. The molecule has 0 bridgehead atoms. The van der Waals surface area contributed by atoms with Crippen molar-refractivity contribution in [2.24, 2.45) is 5.92 Å². The molecule has 170 valence electrons. The van der Waals surface area contributed by atoms with Crippen LogP contribution in [0, 0.1) is 5.92 Å². The predicted octanol–water partition coefficient (Wildman–Crippen LogP) is 3.50. The minimum atomic E-state index is 0.133. The molecule has 0 spiro atoms. The number of hydrogen-bond acceptors (Lipinski definition) is 6. The van der Waals surface area contributed by atoms with Crippen molar-refractivity contribution >= 4 is 17.1 Å². The Morgan fingerprint density at radius 1 is 1.12 bits per heavy atom. The van der Waals surface area contributed by atoms with Gasteiger partial charge in [0.05, 0.1) is 19.4 Å². The van der Waals surface area contributed by atoms with Gasteiger partial charge in [0.15, 0.2) is 5.65 Å². The Hall–Kier alpha value is -2.87. The number of carbonyl (C=O) groups is 1. The lowest BCUT2D eigenvalue weighted by Crippen LogP contribution is -2.45. The maximum Gasteiger partial charge on any atom is 0.298 e. The quantitative estimate of drug-likeness (QED) is 0.588. The van der Waals surface area contributed by atoms with E-state index in [0.29, 0.717) is 18.5 Å². The molecule has 5 heterocycles. The number of hydrogen-bond donors (Lipinski definition) is 0. The van der Waals surface area contributed by atoms with Crippen molar-refractivity contribution in [2.75, 3.05) is 32.8 Å². The number of piperidine rings is 2. The summed E-state index contributed by atoms with van der Waals surface area (Å²) in [6.45, 7) is 6.80. The topological polar surface area (TPSA) is 76.6 Å². The SMILES string of the molecule is CCOc1nc2cccnc2n1C1CCN(C(=O)C2CCN(Cc3ccco3)CC2)CC1. The zero-order valence-electron chi connectivity index (χ0n) is 18.7. The van der Waals surface area contributed by atoms with Crippen LogP contribution in [-0.2, 0) is 11.3 Å². The molecular formula is C24H31N5O3. The van der Waals surface area contributed by atoms with E-state index in [1.807, 2.05) is 31.2 Å². The van der Waals surface area contributed by atoms with Crippen LogP contribution in [0.2, 0.25) is 0 Å². The van der Waals surface area contributed by atoms with Gasteiger partial charge >= 0.3 is 0 Å². The summed E-state index contributed by atoms with van der Waals surface area (Å²) in [5.41, 5.74) is 1.72. The second-order valence-corrected chi connectivity index (χ2v) is 8.73. The first-order valence-electron chi connectivity index (χ1n) is 11.7. The van der Waals surface area contributed by atoms with Gasteiger partial charge < -0.3 is 14.1 Å². The van der Waals surface area contributed by atoms with Gasteiger partial charge in [-0.3, -0.25) is 14.3 Å². The number of nitrogens with zero attached hydrogens (tertiary/aromatic N) is 5. The van der Waals surface area contributed by atoms with Crippen molar-refractivity contribution in [1.29, 1.82) is 0 Å². The summed E-state index contributed by atoms with van der Waals surface area (Å²) in [7, 11) is 0. The van der Waals surface area contributed by atoms with Crippen LogP contribution < -0.4 is 4.74 Å². The van der Waals surface area contributed by atoms with E-state index >= 15 is 0 Å².